The van der Waals surface area contributed by atoms with E-state index in [-0.39, 0.29) is 0 Å². The minimum absolute atomic E-state index is 0.808. The molecule has 152 valence electrons. The number of rotatable bonds is 12. The highest BCUT2D eigenvalue weighted by molar-refractivity contribution is 5.45. The molecule has 3 aromatic rings. The van der Waals surface area contributed by atoms with Crippen molar-refractivity contribution < 1.29 is 4.74 Å². The first-order chi connectivity index (χ1) is 14.3. The molecule has 1 N–H and O–H groups in total. The Balaban J connectivity index is 1.39. The molecule has 0 saturated heterocycles. The van der Waals surface area contributed by atoms with Crippen molar-refractivity contribution in [3.8, 4) is 11.5 Å². The first-order valence-electron chi connectivity index (χ1n) is 11.0. The van der Waals surface area contributed by atoms with Crippen LogP contribution in [0.4, 0.5) is 5.69 Å². The van der Waals surface area contributed by atoms with Gasteiger partial charge in [0.1, 0.15) is 11.5 Å². The molecule has 0 heterocycles. The number of nitrogens with one attached hydrogen (secondary N) is 1. The molecule has 2 nitrogen and oxygen atoms in total. The zero-order valence-electron chi connectivity index (χ0n) is 17.6. The van der Waals surface area contributed by atoms with Gasteiger partial charge in [0.25, 0.3) is 0 Å². The van der Waals surface area contributed by atoms with Crippen LogP contribution in [0.25, 0.3) is 0 Å². The average molecular weight is 388 g/mol. The molecule has 0 saturated carbocycles. The second-order valence-corrected chi connectivity index (χ2v) is 7.63. The number of benzene rings is 3. The third-order valence-electron chi connectivity index (χ3n) is 5.17. The molecule has 0 unspecified atom stereocenters. The Bertz CT molecular complexity index is 809. The van der Waals surface area contributed by atoms with Gasteiger partial charge in [-0.3, -0.25) is 0 Å². The van der Waals surface area contributed by atoms with Crippen LogP contribution in [-0.4, -0.2) is 0 Å². The molecule has 0 aliphatic heterocycles. The van der Waals surface area contributed by atoms with Crippen LogP contribution in [0.2, 0.25) is 0 Å². The molecule has 3 rings (SSSR count). The minimum atomic E-state index is 0.808. The molecule has 0 atom stereocenters. The fourth-order valence-corrected chi connectivity index (χ4v) is 3.40. The standard InChI is InChI=1S/C27H33NO/c1-2-3-4-5-6-8-11-23-14-18-25(19-15-23)28-22-24-16-20-27(21-17-24)29-26-12-9-7-10-13-26/h7,9-10,12-21,28H,2-6,8,11,22H2,1H3. The van der Waals surface area contributed by atoms with Gasteiger partial charge in [0.15, 0.2) is 0 Å². The van der Waals surface area contributed by atoms with Crippen LogP contribution in [0, 0.1) is 0 Å². The fourth-order valence-electron chi connectivity index (χ4n) is 3.40. The van der Waals surface area contributed by atoms with E-state index in [9.17, 15) is 0 Å². The molecule has 0 fully saturated rings. The Morgan fingerprint density at radius 2 is 1.24 bits per heavy atom. The van der Waals surface area contributed by atoms with Crippen LogP contribution in [-0.2, 0) is 13.0 Å². The van der Waals surface area contributed by atoms with Crippen LogP contribution < -0.4 is 10.1 Å². The lowest BCUT2D eigenvalue weighted by Gasteiger charge is -2.09. The van der Waals surface area contributed by atoms with Crippen LogP contribution >= 0.6 is 0 Å². The number of para-hydroxylation sites is 1. The second kappa shape index (κ2) is 12.0. The van der Waals surface area contributed by atoms with E-state index in [0.29, 0.717) is 0 Å². The van der Waals surface area contributed by atoms with Crippen molar-refractivity contribution in [1.82, 2.24) is 0 Å². The maximum absolute atomic E-state index is 5.85. The summed E-state index contributed by atoms with van der Waals surface area (Å²) in [5.41, 5.74) is 3.84. The van der Waals surface area contributed by atoms with Crippen molar-refractivity contribution in [2.45, 2.75) is 58.4 Å². The molecule has 3 aromatic carbocycles. The Hall–Kier alpha value is -2.74. The Labute approximate surface area is 175 Å². The first kappa shape index (κ1) is 21.0. The lowest BCUT2D eigenvalue weighted by Crippen LogP contribution is -1.99. The van der Waals surface area contributed by atoms with Crippen molar-refractivity contribution in [3.63, 3.8) is 0 Å². The molecule has 2 heteroatoms. The summed E-state index contributed by atoms with van der Waals surface area (Å²) in [5, 5.41) is 3.51. The van der Waals surface area contributed by atoms with Gasteiger partial charge in [-0.25, -0.2) is 0 Å². The number of aryl methyl sites for hydroxylation is 1. The summed E-state index contributed by atoms with van der Waals surface area (Å²) in [6, 6.07) is 27.0. The molecule has 0 spiro atoms. The van der Waals surface area contributed by atoms with Crippen LogP contribution in [0.1, 0.15) is 56.6 Å². The molecule has 29 heavy (non-hydrogen) atoms. The van der Waals surface area contributed by atoms with E-state index >= 15 is 0 Å². The van der Waals surface area contributed by atoms with Crippen molar-refractivity contribution in [3.05, 3.63) is 90.0 Å². The van der Waals surface area contributed by atoms with Crippen molar-refractivity contribution in [2.24, 2.45) is 0 Å². The first-order valence-corrected chi connectivity index (χ1v) is 11.0. The number of hydrogen-bond acceptors (Lipinski definition) is 2. The quantitative estimate of drug-likeness (QED) is 0.318. The number of unbranched alkanes of at least 4 members (excludes halogenated alkanes) is 5. The third kappa shape index (κ3) is 7.65. The van der Waals surface area contributed by atoms with E-state index in [1.54, 1.807) is 0 Å². The summed E-state index contributed by atoms with van der Waals surface area (Å²) in [6.07, 6.45) is 9.30. The third-order valence-corrected chi connectivity index (χ3v) is 5.17. The summed E-state index contributed by atoms with van der Waals surface area (Å²) in [4.78, 5) is 0. The van der Waals surface area contributed by atoms with E-state index in [1.165, 1.54) is 61.8 Å². The lowest BCUT2D eigenvalue weighted by molar-refractivity contribution is 0.482. The van der Waals surface area contributed by atoms with E-state index in [1.807, 2.05) is 42.5 Å². The topological polar surface area (TPSA) is 21.3 Å². The van der Waals surface area contributed by atoms with Gasteiger partial charge in [-0.1, -0.05) is 81.5 Å². The van der Waals surface area contributed by atoms with Crippen molar-refractivity contribution in [2.75, 3.05) is 5.32 Å². The zero-order valence-corrected chi connectivity index (χ0v) is 17.6. The summed E-state index contributed by atoms with van der Waals surface area (Å²) in [7, 11) is 0. The van der Waals surface area contributed by atoms with Gasteiger partial charge in [-0.2, -0.15) is 0 Å². The highest BCUT2D eigenvalue weighted by atomic mass is 16.5. The maximum Gasteiger partial charge on any atom is 0.127 e. The maximum atomic E-state index is 5.85. The fraction of sp³-hybridized carbons (Fsp3) is 0.333. The molecule has 0 bridgehead atoms. The van der Waals surface area contributed by atoms with E-state index in [4.69, 9.17) is 4.74 Å². The lowest BCUT2D eigenvalue weighted by atomic mass is 10.0. The van der Waals surface area contributed by atoms with Gasteiger partial charge in [0, 0.05) is 12.2 Å². The Morgan fingerprint density at radius 1 is 0.621 bits per heavy atom. The predicted molar refractivity (Wildman–Crippen MR) is 124 cm³/mol. The molecular formula is C27H33NO. The van der Waals surface area contributed by atoms with Crippen molar-refractivity contribution in [1.29, 1.82) is 0 Å². The zero-order chi connectivity index (χ0) is 20.2. The van der Waals surface area contributed by atoms with Crippen LogP contribution in [0.5, 0.6) is 11.5 Å². The highest BCUT2D eigenvalue weighted by Gasteiger charge is 1.99. The van der Waals surface area contributed by atoms with Gasteiger partial charge < -0.3 is 10.1 Å². The van der Waals surface area contributed by atoms with E-state index in [0.717, 1.165) is 18.0 Å². The van der Waals surface area contributed by atoms with Crippen LogP contribution in [0.3, 0.4) is 0 Å². The average Bonchev–Trinajstić information content (AvgIpc) is 2.77. The van der Waals surface area contributed by atoms with Gasteiger partial charge in [-0.15, -0.1) is 0 Å². The van der Waals surface area contributed by atoms with Crippen molar-refractivity contribution >= 4 is 5.69 Å². The largest absolute Gasteiger partial charge is 0.457 e. The summed E-state index contributed by atoms with van der Waals surface area (Å²) in [6.45, 7) is 3.08. The predicted octanol–water partition coefficient (Wildman–Crippen LogP) is 7.99. The number of hydrogen-bond donors (Lipinski definition) is 1. The van der Waals surface area contributed by atoms with Gasteiger partial charge in [0.05, 0.1) is 0 Å². The SMILES string of the molecule is CCCCCCCCc1ccc(NCc2ccc(Oc3ccccc3)cc2)cc1. The summed E-state index contributed by atoms with van der Waals surface area (Å²) >= 11 is 0. The second-order valence-electron chi connectivity index (χ2n) is 7.63. The summed E-state index contributed by atoms with van der Waals surface area (Å²) in [5.74, 6) is 1.72. The number of anilines is 1. The molecule has 0 aliphatic carbocycles. The van der Waals surface area contributed by atoms with Gasteiger partial charge >= 0.3 is 0 Å². The van der Waals surface area contributed by atoms with Crippen LogP contribution in [0.15, 0.2) is 78.9 Å². The van der Waals surface area contributed by atoms with E-state index in [2.05, 4.69) is 48.6 Å². The highest BCUT2D eigenvalue weighted by Crippen LogP contribution is 2.21. The molecular weight excluding hydrogens is 354 g/mol. The molecule has 0 amide bonds. The minimum Gasteiger partial charge on any atom is -0.457 e. The molecule has 0 radical (unpaired) electrons. The summed E-state index contributed by atoms with van der Waals surface area (Å²) < 4.78 is 5.85. The van der Waals surface area contributed by atoms with Gasteiger partial charge in [-0.05, 0) is 60.4 Å². The number of ether oxygens (including phenoxy) is 1. The monoisotopic (exact) mass is 387 g/mol. The Morgan fingerprint density at radius 3 is 1.97 bits per heavy atom. The Kier molecular flexibility index (Phi) is 8.65. The van der Waals surface area contributed by atoms with E-state index < -0.39 is 0 Å². The molecule has 0 aromatic heterocycles. The normalized spacial score (nSPS) is 10.7. The molecule has 0 aliphatic rings. The van der Waals surface area contributed by atoms with Gasteiger partial charge in [0.2, 0.25) is 0 Å². The smallest absolute Gasteiger partial charge is 0.127 e.